The summed E-state index contributed by atoms with van der Waals surface area (Å²) in [6, 6.07) is 14.1. The number of aryl methyl sites for hydroxylation is 1. The van der Waals surface area contributed by atoms with Gasteiger partial charge in [-0.2, -0.15) is 0 Å². The molecule has 1 aliphatic carbocycles. The number of anilines is 2. The number of hydrogen-bond acceptors (Lipinski definition) is 4. The van der Waals surface area contributed by atoms with Gasteiger partial charge in [0.15, 0.2) is 0 Å². The average molecular weight is 452 g/mol. The molecule has 0 bridgehead atoms. The molecule has 2 aromatic carbocycles. The Hall–Kier alpha value is -3.12. The van der Waals surface area contributed by atoms with E-state index < -0.39 is 11.8 Å². The van der Waals surface area contributed by atoms with Crippen molar-refractivity contribution in [3.8, 4) is 0 Å². The van der Waals surface area contributed by atoms with Gasteiger partial charge in [0.05, 0.1) is 5.69 Å². The number of amides is 3. The van der Waals surface area contributed by atoms with Crippen LogP contribution in [-0.4, -0.2) is 23.8 Å². The quantitative estimate of drug-likeness (QED) is 0.501. The molecule has 32 heavy (non-hydrogen) atoms. The van der Waals surface area contributed by atoms with Gasteiger partial charge in [0.2, 0.25) is 0 Å². The standard InChI is InChI=1S/C25H26ClN3O3/c1-16-11-13-20(14-12-16)29-24(31)21(26)22(25(29)32)27-19-10-6-7-17(15-19)23(30)28-18-8-4-2-3-5-9-18/h6-7,10-15,18,27H,2-5,8-9H2,1H3,(H,28,30). The van der Waals surface area contributed by atoms with Crippen LogP contribution in [0.15, 0.2) is 59.3 Å². The monoisotopic (exact) mass is 451 g/mol. The summed E-state index contributed by atoms with van der Waals surface area (Å²) < 4.78 is 0. The van der Waals surface area contributed by atoms with Gasteiger partial charge in [-0.3, -0.25) is 14.4 Å². The second kappa shape index (κ2) is 9.57. The maximum absolute atomic E-state index is 13.0. The number of halogens is 1. The van der Waals surface area contributed by atoms with Gasteiger partial charge in [-0.05, 0) is 50.1 Å². The van der Waals surface area contributed by atoms with Crippen LogP contribution in [0, 0.1) is 6.92 Å². The van der Waals surface area contributed by atoms with E-state index in [1.807, 2.05) is 19.1 Å². The van der Waals surface area contributed by atoms with Crippen LogP contribution in [0.2, 0.25) is 0 Å². The zero-order valence-electron chi connectivity index (χ0n) is 18.0. The van der Waals surface area contributed by atoms with Crippen molar-refractivity contribution in [1.29, 1.82) is 0 Å². The van der Waals surface area contributed by atoms with E-state index in [9.17, 15) is 14.4 Å². The molecular weight excluding hydrogens is 426 g/mol. The first-order valence-corrected chi connectivity index (χ1v) is 11.3. The lowest BCUT2D eigenvalue weighted by Crippen LogP contribution is -2.34. The minimum Gasteiger partial charge on any atom is -0.350 e. The number of carbonyl (C=O) groups is 3. The Morgan fingerprint density at radius 2 is 1.66 bits per heavy atom. The van der Waals surface area contributed by atoms with Crippen molar-refractivity contribution in [1.82, 2.24) is 5.32 Å². The zero-order valence-corrected chi connectivity index (χ0v) is 18.7. The molecule has 6 nitrogen and oxygen atoms in total. The molecule has 3 amide bonds. The molecule has 1 heterocycles. The second-order valence-electron chi connectivity index (χ2n) is 8.34. The molecule has 2 aromatic rings. The Labute approximate surface area is 192 Å². The number of benzene rings is 2. The van der Waals surface area contributed by atoms with Crippen LogP contribution in [0.5, 0.6) is 0 Å². The number of imide groups is 1. The topological polar surface area (TPSA) is 78.5 Å². The Morgan fingerprint density at radius 1 is 0.969 bits per heavy atom. The molecule has 2 aliphatic rings. The number of carbonyl (C=O) groups excluding carboxylic acids is 3. The lowest BCUT2D eigenvalue weighted by atomic mass is 10.1. The van der Waals surface area contributed by atoms with E-state index in [-0.39, 0.29) is 22.7 Å². The normalized spacial score (nSPS) is 17.5. The first-order valence-electron chi connectivity index (χ1n) is 11.0. The zero-order chi connectivity index (χ0) is 22.7. The van der Waals surface area contributed by atoms with Crippen LogP contribution >= 0.6 is 11.6 Å². The summed E-state index contributed by atoms with van der Waals surface area (Å²) in [6.45, 7) is 1.93. The summed E-state index contributed by atoms with van der Waals surface area (Å²) in [5, 5.41) is 5.89. The van der Waals surface area contributed by atoms with E-state index in [0.29, 0.717) is 16.9 Å². The Morgan fingerprint density at radius 3 is 2.34 bits per heavy atom. The third kappa shape index (κ3) is 4.70. The highest BCUT2D eigenvalue weighted by Crippen LogP contribution is 2.30. The molecule has 0 spiro atoms. The maximum atomic E-state index is 13.0. The molecule has 0 atom stereocenters. The van der Waals surface area contributed by atoms with Crippen LogP contribution < -0.4 is 15.5 Å². The van der Waals surface area contributed by atoms with Crippen molar-refractivity contribution in [3.05, 3.63) is 70.4 Å². The summed E-state index contributed by atoms with van der Waals surface area (Å²) >= 11 is 6.22. The second-order valence-corrected chi connectivity index (χ2v) is 8.72. The van der Waals surface area contributed by atoms with Gasteiger partial charge in [-0.1, -0.05) is 61.0 Å². The van der Waals surface area contributed by atoms with E-state index in [1.54, 1.807) is 36.4 Å². The van der Waals surface area contributed by atoms with E-state index >= 15 is 0 Å². The molecular formula is C25H26ClN3O3. The average Bonchev–Trinajstić information content (AvgIpc) is 2.97. The van der Waals surface area contributed by atoms with Crippen molar-refractivity contribution < 1.29 is 14.4 Å². The molecule has 2 N–H and O–H groups in total. The summed E-state index contributed by atoms with van der Waals surface area (Å²) in [4.78, 5) is 39.4. The van der Waals surface area contributed by atoms with Crippen LogP contribution in [0.4, 0.5) is 11.4 Å². The van der Waals surface area contributed by atoms with Gasteiger partial charge in [0.1, 0.15) is 10.7 Å². The van der Waals surface area contributed by atoms with Crippen LogP contribution in [0.1, 0.15) is 54.4 Å². The molecule has 1 aliphatic heterocycles. The lowest BCUT2D eigenvalue weighted by molar-refractivity contribution is -0.120. The van der Waals surface area contributed by atoms with E-state index in [2.05, 4.69) is 10.6 Å². The molecule has 0 radical (unpaired) electrons. The Balaban J connectivity index is 1.49. The number of nitrogens with one attached hydrogen (secondary N) is 2. The minimum absolute atomic E-state index is 0.00133. The molecule has 0 saturated heterocycles. The highest BCUT2D eigenvalue weighted by atomic mass is 35.5. The number of hydrogen-bond donors (Lipinski definition) is 2. The van der Waals surface area contributed by atoms with E-state index in [4.69, 9.17) is 11.6 Å². The molecule has 166 valence electrons. The van der Waals surface area contributed by atoms with Gasteiger partial charge >= 0.3 is 0 Å². The minimum atomic E-state index is -0.578. The maximum Gasteiger partial charge on any atom is 0.283 e. The molecule has 0 aromatic heterocycles. The molecule has 7 heteroatoms. The fourth-order valence-electron chi connectivity index (χ4n) is 4.11. The third-order valence-corrected chi connectivity index (χ3v) is 6.25. The van der Waals surface area contributed by atoms with Gasteiger partial charge < -0.3 is 10.6 Å². The predicted molar refractivity (Wildman–Crippen MR) is 126 cm³/mol. The summed E-state index contributed by atoms with van der Waals surface area (Å²) in [7, 11) is 0. The number of nitrogens with zero attached hydrogens (tertiary/aromatic N) is 1. The largest absolute Gasteiger partial charge is 0.350 e. The summed E-state index contributed by atoms with van der Waals surface area (Å²) in [5.41, 5.74) is 2.47. The molecule has 1 fully saturated rings. The molecule has 1 saturated carbocycles. The third-order valence-electron chi connectivity index (χ3n) is 5.90. The number of rotatable bonds is 5. The SMILES string of the molecule is Cc1ccc(N2C(=O)C(Cl)=C(Nc3cccc(C(=O)NC4CCCCCC4)c3)C2=O)cc1. The van der Waals surface area contributed by atoms with Crippen molar-refractivity contribution in [2.24, 2.45) is 0 Å². The highest BCUT2D eigenvalue weighted by Gasteiger charge is 2.39. The van der Waals surface area contributed by atoms with Crippen LogP contribution in [0.25, 0.3) is 0 Å². The van der Waals surface area contributed by atoms with Crippen molar-refractivity contribution in [2.75, 3.05) is 10.2 Å². The Bertz CT molecular complexity index is 1070. The molecule has 0 unspecified atom stereocenters. The van der Waals surface area contributed by atoms with E-state index in [1.165, 1.54) is 12.8 Å². The summed E-state index contributed by atoms with van der Waals surface area (Å²) in [6.07, 6.45) is 6.69. The van der Waals surface area contributed by atoms with Gasteiger partial charge in [0, 0.05) is 17.3 Å². The summed E-state index contributed by atoms with van der Waals surface area (Å²) in [5.74, 6) is -1.25. The molecule has 4 rings (SSSR count). The van der Waals surface area contributed by atoms with Crippen LogP contribution in [-0.2, 0) is 9.59 Å². The highest BCUT2D eigenvalue weighted by molar-refractivity contribution is 6.53. The van der Waals surface area contributed by atoms with Crippen molar-refractivity contribution >= 4 is 40.7 Å². The van der Waals surface area contributed by atoms with Crippen molar-refractivity contribution in [3.63, 3.8) is 0 Å². The van der Waals surface area contributed by atoms with Gasteiger partial charge in [-0.15, -0.1) is 0 Å². The van der Waals surface area contributed by atoms with E-state index in [0.717, 1.165) is 36.1 Å². The van der Waals surface area contributed by atoms with Crippen LogP contribution in [0.3, 0.4) is 0 Å². The predicted octanol–water partition coefficient (Wildman–Crippen LogP) is 4.88. The lowest BCUT2D eigenvalue weighted by Gasteiger charge is -2.17. The van der Waals surface area contributed by atoms with Gasteiger partial charge in [-0.25, -0.2) is 4.90 Å². The first kappa shape index (κ1) is 22.1. The first-order chi connectivity index (χ1) is 15.4. The fraction of sp³-hybridized carbons (Fsp3) is 0.320. The smallest absolute Gasteiger partial charge is 0.283 e. The Kier molecular flexibility index (Phi) is 6.61. The van der Waals surface area contributed by atoms with Gasteiger partial charge in [0.25, 0.3) is 17.7 Å². The fourth-order valence-corrected chi connectivity index (χ4v) is 4.33. The van der Waals surface area contributed by atoms with Crippen molar-refractivity contribution in [2.45, 2.75) is 51.5 Å².